The summed E-state index contributed by atoms with van der Waals surface area (Å²) in [5.41, 5.74) is 15.7. The smallest absolute Gasteiger partial charge is 0.434 e. The minimum Gasteiger partial charge on any atom is -0.744 e. The van der Waals surface area contributed by atoms with Crippen LogP contribution in [0.4, 0.5) is 17.8 Å². The first-order valence-electron chi connectivity index (χ1n) is 7.81. The van der Waals surface area contributed by atoms with Gasteiger partial charge in [-0.15, -0.1) is 0 Å². The van der Waals surface area contributed by atoms with Crippen molar-refractivity contribution < 1.29 is 57.1 Å². The Morgan fingerprint density at radius 3 is 1.15 bits per heavy atom. The first-order valence-corrected chi connectivity index (χ1v) is 10.6. The van der Waals surface area contributed by atoms with E-state index in [4.69, 9.17) is 27.4 Å². The highest BCUT2D eigenvalue weighted by Crippen LogP contribution is 2.14. The van der Waals surface area contributed by atoms with E-state index >= 15 is 0 Å². The van der Waals surface area contributed by atoms with E-state index in [2.05, 4.69) is 15.0 Å². The second kappa shape index (κ2) is 12.9. The van der Waals surface area contributed by atoms with Crippen molar-refractivity contribution in [2.45, 2.75) is 9.79 Å². The zero-order valence-electron chi connectivity index (χ0n) is 16.5. The number of nitrogens with one attached hydrogen (secondary N) is 2. The quantitative estimate of drug-likeness (QED) is 0.209. The summed E-state index contributed by atoms with van der Waals surface area (Å²) < 4.78 is 61.8. The maximum Gasteiger partial charge on any atom is 0.434 e. The van der Waals surface area contributed by atoms with Gasteiger partial charge in [-0.3, -0.25) is 11.5 Å². The Bertz CT molecular complexity index is 1100. The molecule has 1 heterocycles. The van der Waals surface area contributed by atoms with Gasteiger partial charge in [0.1, 0.15) is 31.7 Å². The number of nitrogens with two attached hydrogens (primary N) is 3. The third-order valence-corrected chi connectivity index (χ3v) is 4.72. The summed E-state index contributed by atoms with van der Waals surface area (Å²) in [7, 11) is -8.76. The maximum atomic E-state index is 10.3. The number of hydrogen-bond acceptors (Lipinski definition) is 12. The summed E-state index contributed by atoms with van der Waals surface area (Å²) in [4.78, 5) is 7.96. The fourth-order valence-electron chi connectivity index (χ4n) is 1.72. The predicted octanol–water partition coefficient (Wildman–Crippen LogP) is -3.60. The van der Waals surface area contributed by atoms with Gasteiger partial charge in [-0.2, -0.15) is 9.97 Å². The number of benzene rings is 2. The number of H-pyrrole nitrogens is 2. The lowest BCUT2D eigenvalue weighted by Gasteiger charge is -2.05. The second-order valence-electron chi connectivity index (χ2n) is 5.44. The van der Waals surface area contributed by atoms with Crippen molar-refractivity contribution >= 4 is 38.1 Å². The first-order chi connectivity index (χ1) is 14.2. The third kappa shape index (κ3) is 12.0. The van der Waals surface area contributed by atoms with Crippen LogP contribution in [0.1, 0.15) is 0 Å². The molecule has 3 rings (SSSR count). The molecule has 14 N–H and O–H groups in total. The molecule has 1 aromatic heterocycles. The molecule has 0 fully saturated rings. The molecule has 33 heavy (non-hydrogen) atoms. The van der Waals surface area contributed by atoms with Gasteiger partial charge in [-0.1, -0.05) is 0 Å². The van der Waals surface area contributed by atoms with Crippen molar-refractivity contribution in [1.82, 2.24) is 4.98 Å². The van der Waals surface area contributed by atoms with Gasteiger partial charge in [0.15, 0.2) is 0 Å². The van der Waals surface area contributed by atoms with Crippen molar-refractivity contribution in [3.05, 3.63) is 48.5 Å². The molecule has 0 aliphatic carbocycles. The van der Waals surface area contributed by atoms with E-state index < -0.39 is 20.2 Å². The molecule has 0 aliphatic rings. The molecule has 0 atom stereocenters. The standard InChI is InChI=1S/2C6H6O4S.C3H6N6.2H2O/c2*7-5-1-3-6(4-2-5)11(8,9)10;4-1-7-2(5)9-3(6)8-1;;/h2*1-4,7H,(H,8,9,10);(H6,4,5,6,7,8,9);2*1H2. The number of anilines is 3. The van der Waals surface area contributed by atoms with E-state index in [0.29, 0.717) is 5.95 Å². The molecule has 2 aromatic carbocycles. The number of nitrogens with zero attached hydrogens (tertiary/aromatic N) is 1. The molecule has 3 aromatic rings. The zero-order valence-corrected chi connectivity index (χ0v) is 18.1. The van der Waals surface area contributed by atoms with Crippen molar-refractivity contribution in [3.63, 3.8) is 0 Å². The summed E-state index contributed by atoms with van der Waals surface area (Å²) >= 11 is 0. The highest BCUT2D eigenvalue weighted by Gasteiger charge is 2.06. The number of nitrogen functional groups attached to an aromatic ring is 3. The van der Waals surface area contributed by atoms with E-state index in [9.17, 15) is 25.9 Å². The molecule has 0 bridgehead atoms. The lowest BCUT2D eigenvalue weighted by molar-refractivity contribution is -0.489. The molecule has 18 heteroatoms. The fraction of sp³-hybridized carbons (Fsp3) is 0. The Morgan fingerprint density at radius 2 is 0.939 bits per heavy atom. The van der Waals surface area contributed by atoms with Gasteiger partial charge in [0.2, 0.25) is 0 Å². The monoisotopic (exact) mass is 510 g/mol. The molecule has 0 saturated heterocycles. The fourth-order valence-corrected chi connectivity index (χ4v) is 2.66. The number of aromatic hydroxyl groups is 2. The van der Waals surface area contributed by atoms with Gasteiger partial charge >= 0.3 is 17.8 Å². The van der Waals surface area contributed by atoms with Crippen molar-refractivity contribution in [2.24, 2.45) is 0 Å². The summed E-state index contributed by atoms with van der Waals surface area (Å²) in [6.07, 6.45) is 0. The number of aromatic amines is 2. The van der Waals surface area contributed by atoms with Gasteiger partial charge in [0, 0.05) is 4.98 Å². The van der Waals surface area contributed by atoms with Crippen molar-refractivity contribution in [3.8, 4) is 11.5 Å². The van der Waals surface area contributed by atoms with Crippen LogP contribution in [0.2, 0.25) is 0 Å². The van der Waals surface area contributed by atoms with Crippen LogP contribution >= 0.6 is 0 Å². The lowest BCUT2D eigenvalue weighted by Crippen LogP contribution is -2.30. The normalized spacial score (nSPS) is 10.1. The largest absolute Gasteiger partial charge is 0.744 e. The van der Waals surface area contributed by atoms with E-state index in [1.165, 1.54) is 0 Å². The molecule has 0 aliphatic heterocycles. The van der Waals surface area contributed by atoms with Gasteiger partial charge in [-0.25, -0.2) is 16.8 Å². The number of aromatic nitrogens is 3. The molecule has 0 amide bonds. The number of phenolic OH excluding ortho intramolecular Hbond substituents is 2. The number of phenols is 2. The highest BCUT2D eigenvalue weighted by atomic mass is 32.2. The van der Waals surface area contributed by atoms with Crippen LogP contribution in [0.25, 0.3) is 0 Å². The molecule has 16 nitrogen and oxygen atoms in total. The number of rotatable bonds is 2. The highest BCUT2D eigenvalue weighted by molar-refractivity contribution is 7.86. The van der Waals surface area contributed by atoms with Gasteiger partial charge < -0.3 is 36.0 Å². The van der Waals surface area contributed by atoms with Gasteiger partial charge in [0.05, 0.1) is 9.79 Å². The van der Waals surface area contributed by atoms with Crippen LogP contribution in [0.3, 0.4) is 0 Å². The van der Waals surface area contributed by atoms with Crippen LogP contribution in [-0.2, 0) is 20.2 Å². The summed E-state index contributed by atoms with van der Waals surface area (Å²) in [5, 5.41) is 17.5. The van der Waals surface area contributed by atoms with Crippen LogP contribution in [0.5, 0.6) is 11.5 Å². The van der Waals surface area contributed by atoms with Crippen LogP contribution in [0.15, 0.2) is 58.3 Å². The average molecular weight is 511 g/mol. The third-order valence-electron chi connectivity index (χ3n) is 3.02. The van der Waals surface area contributed by atoms with Crippen molar-refractivity contribution in [2.75, 3.05) is 17.2 Å². The summed E-state index contributed by atoms with van der Waals surface area (Å²) in [5.74, 6) is 0.544. The SMILES string of the molecule is Nc1nc(N)[nH+]c(N)[nH+]1.O.O.O=S(=O)([O-])c1ccc(O)cc1.O=S(=O)([O-])c1ccc(O)cc1. The van der Waals surface area contributed by atoms with Gasteiger partial charge in [0.25, 0.3) is 0 Å². The Balaban J connectivity index is 0. The Kier molecular flexibility index (Phi) is 12.3. The van der Waals surface area contributed by atoms with E-state index in [1.54, 1.807) is 0 Å². The molecule has 0 spiro atoms. The van der Waals surface area contributed by atoms with Crippen LogP contribution < -0.4 is 27.2 Å². The topological polar surface area (TPSA) is 337 Å². The molecule has 184 valence electrons. The molecule has 0 radical (unpaired) electrons. The second-order valence-corrected chi connectivity index (χ2v) is 8.20. The molecule has 0 unspecified atom stereocenters. The molecular weight excluding hydrogens is 488 g/mol. The lowest BCUT2D eigenvalue weighted by atomic mass is 10.3. The predicted molar refractivity (Wildman–Crippen MR) is 110 cm³/mol. The number of hydrogen-bond donors (Lipinski definition) is 5. The van der Waals surface area contributed by atoms with E-state index in [-0.39, 0.29) is 44.1 Å². The first kappa shape index (κ1) is 31.4. The minimum atomic E-state index is -4.38. The van der Waals surface area contributed by atoms with E-state index in [0.717, 1.165) is 48.5 Å². The summed E-state index contributed by atoms with van der Waals surface area (Å²) in [6, 6.07) is 8.79. The summed E-state index contributed by atoms with van der Waals surface area (Å²) in [6.45, 7) is 0. The molecule has 0 saturated carbocycles. The Hall–Kier alpha value is -3.81. The van der Waals surface area contributed by atoms with Crippen LogP contribution in [-0.4, -0.2) is 52.1 Å². The maximum absolute atomic E-state index is 10.3. The zero-order chi connectivity index (χ0) is 23.8. The Labute approximate surface area is 187 Å². The van der Waals surface area contributed by atoms with E-state index in [1.807, 2.05) is 0 Å². The minimum absolute atomic E-state index is 0. The average Bonchev–Trinajstić information content (AvgIpc) is 2.61. The van der Waals surface area contributed by atoms with Crippen molar-refractivity contribution in [1.29, 1.82) is 0 Å². The van der Waals surface area contributed by atoms with Crippen LogP contribution in [0, 0.1) is 0 Å². The van der Waals surface area contributed by atoms with Gasteiger partial charge in [-0.05, 0) is 48.5 Å². The molecular formula is C15H22N6O10S2. The Morgan fingerprint density at radius 1 is 0.667 bits per heavy atom.